The van der Waals surface area contributed by atoms with E-state index < -0.39 is 0 Å². The summed E-state index contributed by atoms with van der Waals surface area (Å²) in [5.41, 5.74) is 2.97. The van der Waals surface area contributed by atoms with Crippen LogP contribution in [0.2, 0.25) is 0 Å². The Morgan fingerprint density at radius 1 is 1.00 bits per heavy atom. The first-order valence-electron chi connectivity index (χ1n) is 11.6. The molecule has 2 aromatic carbocycles. The Bertz CT molecular complexity index is 1140. The summed E-state index contributed by atoms with van der Waals surface area (Å²) in [6, 6.07) is 19.0. The minimum atomic E-state index is -0.241. The molecule has 3 heterocycles. The number of rotatable bonds is 8. The van der Waals surface area contributed by atoms with Gasteiger partial charge in [0, 0.05) is 31.5 Å². The third-order valence-electron chi connectivity index (χ3n) is 6.16. The number of amides is 1. The quantitative estimate of drug-likeness (QED) is 0.513. The number of carbonyl (C=O) groups is 1. The lowest BCUT2D eigenvalue weighted by Gasteiger charge is -2.18. The molecule has 2 N–H and O–H groups in total. The predicted octanol–water partition coefficient (Wildman–Crippen LogP) is 2.35. The van der Waals surface area contributed by atoms with Gasteiger partial charge in [0.2, 0.25) is 5.95 Å². The van der Waals surface area contributed by atoms with Crippen LogP contribution >= 0.6 is 0 Å². The summed E-state index contributed by atoms with van der Waals surface area (Å²) in [5.74, 6) is 0.959. The zero-order chi connectivity index (χ0) is 24.2. The normalized spacial score (nSPS) is 22.9. The lowest BCUT2D eigenvalue weighted by atomic mass is 10.1. The van der Waals surface area contributed by atoms with Crippen molar-refractivity contribution in [1.29, 1.82) is 0 Å². The van der Waals surface area contributed by atoms with Crippen LogP contribution in [-0.4, -0.2) is 74.1 Å². The average Bonchev–Trinajstić information content (AvgIpc) is 3.47. The average molecular weight is 476 g/mol. The minimum absolute atomic E-state index is 0.0598. The van der Waals surface area contributed by atoms with Crippen LogP contribution in [0.1, 0.15) is 0 Å². The first-order valence-corrected chi connectivity index (χ1v) is 11.6. The molecule has 182 valence electrons. The van der Waals surface area contributed by atoms with E-state index in [0.717, 1.165) is 16.9 Å². The molecule has 4 atom stereocenters. The molecule has 0 spiro atoms. The number of carbonyl (C=O) groups excluding carboxylic acids is 1. The molecule has 35 heavy (non-hydrogen) atoms. The molecule has 0 bridgehead atoms. The highest BCUT2D eigenvalue weighted by atomic mass is 16.6. The molecule has 5 rings (SSSR count). The number of fused-ring (bicyclic) bond motifs is 1. The Balaban J connectivity index is 1.17. The maximum Gasteiger partial charge on any atom is 0.258 e. The van der Waals surface area contributed by atoms with Crippen molar-refractivity contribution < 1.29 is 19.0 Å². The topological polar surface area (TPSA) is 97.8 Å². The molecule has 2 saturated heterocycles. The van der Waals surface area contributed by atoms with Gasteiger partial charge in [-0.25, -0.2) is 9.97 Å². The molecule has 2 aliphatic rings. The van der Waals surface area contributed by atoms with Gasteiger partial charge in [-0.1, -0.05) is 30.3 Å². The molecular formula is C26H29N5O4. The lowest BCUT2D eigenvalue weighted by molar-refractivity contribution is -0.124. The van der Waals surface area contributed by atoms with Gasteiger partial charge in [-0.15, -0.1) is 0 Å². The Labute approximate surface area is 204 Å². The van der Waals surface area contributed by atoms with Gasteiger partial charge < -0.3 is 29.7 Å². The molecule has 1 amide bonds. The summed E-state index contributed by atoms with van der Waals surface area (Å²) < 4.78 is 17.5. The van der Waals surface area contributed by atoms with Gasteiger partial charge in [-0.3, -0.25) is 4.79 Å². The van der Waals surface area contributed by atoms with E-state index >= 15 is 0 Å². The maximum absolute atomic E-state index is 12.4. The van der Waals surface area contributed by atoms with Gasteiger partial charge in [-0.2, -0.15) is 0 Å². The fraction of sp³-hybridized carbons (Fsp3) is 0.346. The monoisotopic (exact) mass is 475 g/mol. The highest BCUT2D eigenvalue weighted by Gasteiger charge is 2.48. The van der Waals surface area contributed by atoms with Crippen molar-refractivity contribution in [3.63, 3.8) is 0 Å². The van der Waals surface area contributed by atoms with Crippen LogP contribution < -0.4 is 20.3 Å². The fourth-order valence-corrected chi connectivity index (χ4v) is 4.35. The molecule has 2 fully saturated rings. The van der Waals surface area contributed by atoms with Crippen molar-refractivity contribution in [2.75, 3.05) is 44.1 Å². The Morgan fingerprint density at radius 3 is 2.46 bits per heavy atom. The zero-order valence-electron chi connectivity index (χ0n) is 19.8. The second-order valence-electron chi connectivity index (χ2n) is 8.83. The number of nitrogens with zero attached hydrogens (tertiary/aromatic N) is 3. The van der Waals surface area contributed by atoms with Gasteiger partial charge in [0.25, 0.3) is 5.91 Å². The maximum atomic E-state index is 12.4. The fourth-order valence-electron chi connectivity index (χ4n) is 4.35. The zero-order valence-corrected chi connectivity index (χ0v) is 19.8. The van der Waals surface area contributed by atoms with Gasteiger partial charge in [-0.05, 0) is 30.3 Å². The number of ether oxygens (including phenoxy) is 3. The summed E-state index contributed by atoms with van der Waals surface area (Å²) in [6.45, 7) is 0.757. The smallest absolute Gasteiger partial charge is 0.258 e. The van der Waals surface area contributed by atoms with E-state index in [-0.39, 0.29) is 36.8 Å². The molecule has 0 radical (unpaired) electrons. The van der Waals surface area contributed by atoms with Crippen LogP contribution in [0.15, 0.2) is 66.9 Å². The molecule has 0 aliphatic carbocycles. The highest BCUT2D eigenvalue weighted by Crippen LogP contribution is 2.29. The molecule has 4 unspecified atom stereocenters. The van der Waals surface area contributed by atoms with Crippen LogP contribution in [0.5, 0.6) is 5.75 Å². The van der Waals surface area contributed by atoms with Crippen molar-refractivity contribution in [1.82, 2.24) is 15.3 Å². The Hall–Kier alpha value is -3.69. The second-order valence-corrected chi connectivity index (χ2v) is 8.83. The standard InChI is InChI=1S/C26H29N5O4/c1-31(2)18-10-8-17(9-11-18)20-12-13-27-26(29-20)30-22-15-35-24-21(14-34-25(22)24)28-23(32)16-33-19-6-4-3-5-7-19/h3-13,21-22,24-25H,14-16H2,1-2H3,(H,28,32)(H,27,29,30). The first kappa shape index (κ1) is 23.1. The van der Waals surface area contributed by atoms with Crippen LogP contribution in [0.4, 0.5) is 11.6 Å². The van der Waals surface area contributed by atoms with E-state index in [0.29, 0.717) is 24.9 Å². The van der Waals surface area contributed by atoms with E-state index in [2.05, 4.69) is 37.6 Å². The van der Waals surface area contributed by atoms with Crippen molar-refractivity contribution in [2.45, 2.75) is 24.3 Å². The van der Waals surface area contributed by atoms with Gasteiger partial charge >= 0.3 is 0 Å². The minimum Gasteiger partial charge on any atom is -0.484 e. The largest absolute Gasteiger partial charge is 0.484 e. The third kappa shape index (κ3) is 5.36. The van der Waals surface area contributed by atoms with Crippen molar-refractivity contribution in [3.05, 3.63) is 66.9 Å². The SMILES string of the molecule is CN(C)c1ccc(-c2ccnc(NC3COC4C(NC(=O)COc5ccccc5)COC34)n2)cc1. The number of aromatic nitrogens is 2. The number of nitrogens with one attached hydrogen (secondary N) is 2. The van der Waals surface area contributed by atoms with Crippen LogP contribution in [0, 0.1) is 0 Å². The number of hydrogen-bond donors (Lipinski definition) is 2. The summed E-state index contributed by atoms with van der Waals surface area (Å²) in [6.07, 6.45) is 1.29. The third-order valence-corrected chi connectivity index (χ3v) is 6.16. The predicted molar refractivity (Wildman–Crippen MR) is 133 cm³/mol. The first-order chi connectivity index (χ1) is 17.1. The van der Waals surface area contributed by atoms with Crippen LogP contribution in [0.3, 0.4) is 0 Å². The van der Waals surface area contributed by atoms with E-state index in [4.69, 9.17) is 14.2 Å². The van der Waals surface area contributed by atoms with Crippen LogP contribution in [0.25, 0.3) is 11.3 Å². The van der Waals surface area contributed by atoms with Crippen LogP contribution in [-0.2, 0) is 14.3 Å². The molecule has 9 heteroatoms. The van der Waals surface area contributed by atoms with E-state index in [1.54, 1.807) is 6.20 Å². The number of anilines is 2. The molecular weight excluding hydrogens is 446 g/mol. The molecule has 1 aromatic heterocycles. The van der Waals surface area contributed by atoms with Crippen molar-refractivity contribution >= 4 is 17.5 Å². The summed E-state index contributed by atoms with van der Waals surface area (Å²) in [4.78, 5) is 23.5. The molecule has 2 aliphatic heterocycles. The number of para-hydroxylation sites is 1. The van der Waals surface area contributed by atoms with E-state index in [9.17, 15) is 4.79 Å². The number of benzene rings is 2. The summed E-state index contributed by atoms with van der Waals surface area (Å²) in [5, 5.41) is 6.33. The highest BCUT2D eigenvalue weighted by molar-refractivity contribution is 5.78. The van der Waals surface area contributed by atoms with E-state index in [1.165, 1.54) is 0 Å². The molecule has 0 saturated carbocycles. The van der Waals surface area contributed by atoms with Gasteiger partial charge in [0.1, 0.15) is 18.0 Å². The lowest BCUT2D eigenvalue weighted by Crippen LogP contribution is -2.46. The van der Waals surface area contributed by atoms with E-state index in [1.807, 2.05) is 62.6 Å². The van der Waals surface area contributed by atoms with Gasteiger partial charge in [0.15, 0.2) is 6.61 Å². The number of hydrogen-bond acceptors (Lipinski definition) is 8. The molecule has 3 aromatic rings. The van der Waals surface area contributed by atoms with Crippen molar-refractivity contribution in [3.8, 4) is 17.0 Å². The Morgan fingerprint density at radius 2 is 1.71 bits per heavy atom. The molecule has 9 nitrogen and oxygen atoms in total. The second kappa shape index (κ2) is 10.3. The Kier molecular flexibility index (Phi) is 6.78. The van der Waals surface area contributed by atoms with Crippen molar-refractivity contribution in [2.24, 2.45) is 0 Å². The summed E-state index contributed by atoms with van der Waals surface area (Å²) >= 11 is 0. The van der Waals surface area contributed by atoms with Gasteiger partial charge in [0.05, 0.1) is 31.0 Å². The summed E-state index contributed by atoms with van der Waals surface area (Å²) in [7, 11) is 4.02.